The molecule has 1 aromatic heterocycles. The molecule has 0 aliphatic carbocycles. The lowest BCUT2D eigenvalue weighted by Gasteiger charge is -2.09. The number of rotatable bonds is 5. The number of nitriles is 1. The van der Waals surface area contributed by atoms with E-state index in [4.69, 9.17) is 21.6 Å². The zero-order valence-corrected chi connectivity index (χ0v) is 14.4. The average Bonchev–Trinajstić information content (AvgIpc) is 2.69. The Balaban J connectivity index is 1.58. The molecule has 1 amide bonds. The van der Waals surface area contributed by atoms with Gasteiger partial charge in [0, 0.05) is 6.20 Å². The summed E-state index contributed by atoms with van der Waals surface area (Å²) in [7, 11) is 0. The van der Waals surface area contributed by atoms with Gasteiger partial charge in [-0.15, -0.1) is 0 Å². The van der Waals surface area contributed by atoms with Gasteiger partial charge in [0.25, 0.3) is 5.91 Å². The number of pyridine rings is 1. The van der Waals surface area contributed by atoms with Crippen LogP contribution in [-0.2, 0) is 4.79 Å². The lowest BCUT2D eigenvalue weighted by Crippen LogP contribution is -2.20. The smallest absolute Gasteiger partial charge is 0.262 e. The van der Waals surface area contributed by atoms with Gasteiger partial charge < -0.3 is 10.1 Å². The maximum Gasteiger partial charge on any atom is 0.262 e. The van der Waals surface area contributed by atoms with Crippen molar-refractivity contribution in [2.75, 3.05) is 11.9 Å². The molecule has 1 N–H and O–H groups in total. The van der Waals surface area contributed by atoms with E-state index in [1.807, 2.05) is 24.3 Å². The van der Waals surface area contributed by atoms with Gasteiger partial charge in [0.15, 0.2) is 11.8 Å². The molecular formula is C20H14ClN3O2. The third-order valence-electron chi connectivity index (χ3n) is 3.60. The number of ether oxygens (including phenoxy) is 1. The van der Waals surface area contributed by atoms with E-state index in [9.17, 15) is 4.79 Å². The van der Waals surface area contributed by atoms with Gasteiger partial charge in [-0.25, -0.2) is 4.98 Å². The van der Waals surface area contributed by atoms with E-state index in [-0.39, 0.29) is 17.7 Å². The first-order valence-corrected chi connectivity index (χ1v) is 8.17. The van der Waals surface area contributed by atoms with E-state index in [1.54, 1.807) is 42.6 Å². The zero-order chi connectivity index (χ0) is 18.4. The van der Waals surface area contributed by atoms with E-state index in [1.165, 1.54) is 0 Å². The summed E-state index contributed by atoms with van der Waals surface area (Å²) in [4.78, 5) is 15.8. The minimum atomic E-state index is -0.323. The fourth-order valence-corrected chi connectivity index (χ4v) is 2.46. The van der Waals surface area contributed by atoms with Crippen molar-refractivity contribution < 1.29 is 9.53 Å². The van der Waals surface area contributed by atoms with Crippen LogP contribution in [0.4, 0.5) is 5.69 Å². The topological polar surface area (TPSA) is 75.0 Å². The molecule has 0 saturated carbocycles. The second kappa shape index (κ2) is 8.15. The van der Waals surface area contributed by atoms with E-state index < -0.39 is 0 Å². The largest absolute Gasteiger partial charge is 0.484 e. The molecule has 1 heterocycles. The van der Waals surface area contributed by atoms with Crippen molar-refractivity contribution in [3.05, 3.63) is 77.6 Å². The maximum absolute atomic E-state index is 11.9. The number of amides is 1. The Morgan fingerprint density at radius 1 is 1.08 bits per heavy atom. The first-order valence-electron chi connectivity index (χ1n) is 7.79. The fraction of sp³-hybridized carbons (Fsp3) is 0.0500. The second-order valence-electron chi connectivity index (χ2n) is 5.39. The zero-order valence-electron chi connectivity index (χ0n) is 13.6. The predicted octanol–water partition coefficient (Wildman–Crippen LogP) is 4.29. The molecule has 5 nitrogen and oxygen atoms in total. The number of hydrogen-bond acceptors (Lipinski definition) is 4. The molecule has 0 aliphatic heterocycles. The van der Waals surface area contributed by atoms with E-state index in [2.05, 4.69) is 16.4 Å². The molecular weight excluding hydrogens is 350 g/mol. The minimum Gasteiger partial charge on any atom is -0.484 e. The Bertz CT molecular complexity index is 948. The maximum atomic E-state index is 11.9. The number of aromatic nitrogens is 1. The Morgan fingerprint density at radius 2 is 1.73 bits per heavy atom. The molecule has 2 aromatic carbocycles. The highest BCUT2D eigenvalue weighted by atomic mass is 35.5. The Morgan fingerprint density at radius 3 is 2.35 bits per heavy atom. The average molecular weight is 364 g/mol. The molecule has 0 spiro atoms. The molecule has 0 saturated heterocycles. The van der Waals surface area contributed by atoms with Crippen LogP contribution in [0, 0.1) is 11.3 Å². The molecule has 0 unspecified atom stereocenters. The summed E-state index contributed by atoms with van der Waals surface area (Å²) in [5.41, 5.74) is 3.06. The van der Waals surface area contributed by atoms with Crippen molar-refractivity contribution in [1.29, 1.82) is 5.26 Å². The summed E-state index contributed by atoms with van der Waals surface area (Å²) in [6.45, 7) is -0.137. The van der Waals surface area contributed by atoms with Gasteiger partial charge in [-0.05, 0) is 47.5 Å². The number of halogens is 1. The number of nitrogens with zero attached hydrogens (tertiary/aromatic N) is 2. The Labute approximate surface area is 155 Å². The van der Waals surface area contributed by atoms with Crippen LogP contribution in [0.1, 0.15) is 5.56 Å². The molecule has 0 aliphatic rings. The van der Waals surface area contributed by atoms with E-state index >= 15 is 0 Å². The number of carbonyl (C=O) groups excluding carboxylic acids is 1. The van der Waals surface area contributed by atoms with Crippen LogP contribution in [0.25, 0.3) is 11.1 Å². The summed E-state index contributed by atoms with van der Waals surface area (Å²) in [6, 6.07) is 20.1. The van der Waals surface area contributed by atoms with Crippen molar-refractivity contribution in [3.63, 3.8) is 0 Å². The summed E-state index contributed by atoms with van der Waals surface area (Å²) in [5, 5.41) is 11.7. The molecule has 0 bridgehead atoms. The molecule has 3 rings (SSSR count). The van der Waals surface area contributed by atoms with Gasteiger partial charge in [0.2, 0.25) is 0 Å². The van der Waals surface area contributed by atoms with Gasteiger partial charge in [-0.1, -0.05) is 35.9 Å². The van der Waals surface area contributed by atoms with Crippen molar-refractivity contribution >= 4 is 23.2 Å². The highest BCUT2D eigenvalue weighted by Crippen LogP contribution is 2.23. The Kier molecular flexibility index (Phi) is 5.47. The number of nitrogens with one attached hydrogen (secondary N) is 1. The van der Waals surface area contributed by atoms with E-state index in [0.29, 0.717) is 17.0 Å². The number of carbonyl (C=O) groups is 1. The highest BCUT2D eigenvalue weighted by molar-refractivity contribution is 6.32. The van der Waals surface area contributed by atoms with Crippen molar-refractivity contribution in [1.82, 2.24) is 4.98 Å². The number of hydrogen-bond donors (Lipinski definition) is 1. The van der Waals surface area contributed by atoms with Crippen LogP contribution in [0.5, 0.6) is 5.75 Å². The van der Waals surface area contributed by atoms with Gasteiger partial charge in [0.05, 0.1) is 17.3 Å². The highest BCUT2D eigenvalue weighted by Gasteiger charge is 2.07. The van der Waals surface area contributed by atoms with Gasteiger partial charge in [-0.3, -0.25) is 4.79 Å². The monoisotopic (exact) mass is 363 g/mol. The van der Waals surface area contributed by atoms with Crippen LogP contribution in [0.2, 0.25) is 5.15 Å². The Hall–Kier alpha value is -3.36. The van der Waals surface area contributed by atoms with Crippen LogP contribution in [0.15, 0.2) is 66.9 Å². The quantitative estimate of drug-likeness (QED) is 0.686. The van der Waals surface area contributed by atoms with Crippen LogP contribution >= 0.6 is 11.6 Å². The van der Waals surface area contributed by atoms with Crippen LogP contribution in [0.3, 0.4) is 0 Å². The predicted molar refractivity (Wildman–Crippen MR) is 100.0 cm³/mol. The molecule has 0 radical (unpaired) electrons. The van der Waals surface area contributed by atoms with E-state index in [0.717, 1.165) is 11.1 Å². The minimum absolute atomic E-state index is 0.137. The fourth-order valence-electron chi connectivity index (χ4n) is 2.30. The van der Waals surface area contributed by atoms with Crippen LogP contribution < -0.4 is 10.1 Å². The normalized spacial score (nSPS) is 10.0. The van der Waals surface area contributed by atoms with Crippen molar-refractivity contribution in [2.45, 2.75) is 0 Å². The molecule has 0 fully saturated rings. The summed E-state index contributed by atoms with van der Waals surface area (Å²) in [6.07, 6.45) is 1.55. The molecule has 3 aromatic rings. The first-order chi connectivity index (χ1) is 12.7. The molecule has 0 atom stereocenters. The molecule has 6 heteroatoms. The third kappa shape index (κ3) is 4.38. The van der Waals surface area contributed by atoms with Crippen LogP contribution in [-0.4, -0.2) is 17.5 Å². The lowest BCUT2D eigenvalue weighted by molar-refractivity contribution is -0.118. The number of benzene rings is 2. The summed E-state index contributed by atoms with van der Waals surface area (Å²) >= 11 is 5.90. The summed E-state index contributed by atoms with van der Waals surface area (Å²) < 4.78 is 5.49. The number of anilines is 1. The van der Waals surface area contributed by atoms with Gasteiger partial charge in [0.1, 0.15) is 5.75 Å². The summed E-state index contributed by atoms with van der Waals surface area (Å²) in [5.74, 6) is 0.255. The second-order valence-corrected chi connectivity index (χ2v) is 5.75. The van der Waals surface area contributed by atoms with Gasteiger partial charge >= 0.3 is 0 Å². The van der Waals surface area contributed by atoms with Crippen molar-refractivity contribution in [3.8, 4) is 22.9 Å². The lowest BCUT2D eigenvalue weighted by atomic mass is 10.0. The molecule has 26 heavy (non-hydrogen) atoms. The first kappa shape index (κ1) is 17.5. The van der Waals surface area contributed by atoms with Crippen molar-refractivity contribution in [2.24, 2.45) is 0 Å². The standard InChI is InChI=1S/C20H14ClN3O2/c21-20-18(2-1-11-23-20)24-19(25)13-26-17-9-7-16(8-10-17)15-5-3-14(12-22)4-6-15/h1-11H,13H2,(H,24,25). The van der Waals surface area contributed by atoms with Gasteiger partial charge in [-0.2, -0.15) is 5.26 Å². The third-order valence-corrected chi connectivity index (χ3v) is 3.91. The molecule has 128 valence electrons. The SMILES string of the molecule is N#Cc1ccc(-c2ccc(OCC(=O)Nc3cccnc3Cl)cc2)cc1.